The molecule has 0 aromatic heterocycles. The zero-order valence-corrected chi connectivity index (χ0v) is 10.4. The molecule has 0 aliphatic carbocycles. The lowest BCUT2D eigenvalue weighted by atomic mass is 10.2. The number of rotatable bonds is 5. The Balaban J connectivity index is 2.64. The second kappa shape index (κ2) is 6.89. The molecule has 0 aliphatic heterocycles. The number of carboxylic acid groups (broad SMARTS) is 1. The summed E-state index contributed by atoms with van der Waals surface area (Å²) in [6.07, 6.45) is -2.98. The summed E-state index contributed by atoms with van der Waals surface area (Å²) in [5, 5.41) is 12.7. The number of amides is 2. The van der Waals surface area contributed by atoms with E-state index < -0.39 is 18.4 Å². The number of alkyl halides is 2. The van der Waals surface area contributed by atoms with Gasteiger partial charge in [0.1, 0.15) is 0 Å². The quantitative estimate of drug-likeness (QED) is 0.781. The van der Waals surface area contributed by atoms with E-state index in [0.29, 0.717) is 0 Å². The molecule has 0 atom stereocenters. The maximum absolute atomic E-state index is 12.6. The maximum atomic E-state index is 12.6. The number of halogens is 3. The van der Waals surface area contributed by atoms with Crippen LogP contribution in [0.5, 0.6) is 0 Å². The number of nitrogens with one attached hydrogen (secondary N) is 2. The molecule has 0 radical (unpaired) electrons. The van der Waals surface area contributed by atoms with Gasteiger partial charge in [-0.3, -0.25) is 4.79 Å². The van der Waals surface area contributed by atoms with Crippen LogP contribution in [0.2, 0.25) is 5.02 Å². The third-order valence-electron chi connectivity index (χ3n) is 2.14. The van der Waals surface area contributed by atoms with Gasteiger partial charge in [-0.25, -0.2) is 13.6 Å². The number of benzene rings is 1. The molecule has 0 heterocycles. The average Bonchev–Trinajstić information content (AvgIpc) is 2.31. The van der Waals surface area contributed by atoms with Crippen molar-refractivity contribution in [2.24, 2.45) is 0 Å². The molecule has 0 saturated heterocycles. The largest absolute Gasteiger partial charge is 0.481 e. The first-order valence-electron chi connectivity index (χ1n) is 5.25. The summed E-state index contributed by atoms with van der Waals surface area (Å²) < 4.78 is 25.1. The van der Waals surface area contributed by atoms with Gasteiger partial charge in [0, 0.05) is 12.1 Å². The van der Waals surface area contributed by atoms with Crippen LogP contribution in [0.3, 0.4) is 0 Å². The fourth-order valence-electron chi connectivity index (χ4n) is 1.26. The van der Waals surface area contributed by atoms with Gasteiger partial charge < -0.3 is 15.7 Å². The van der Waals surface area contributed by atoms with Crippen molar-refractivity contribution in [1.29, 1.82) is 0 Å². The van der Waals surface area contributed by atoms with Crippen molar-refractivity contribution in [2.75, 3.05) is 11.9 Å². The van der Waals surface area contributed by atoms with Gasteiger partial charge >= 0.3 is 12.0 Å². The highest BCUT2D eigenvalue weighted by Crippen LogP contribution is 2.32. The van der Waals surface area contributed by atoms with E-state index in [0.717, 1.165) is 6.07 Å². The highest BCUT2D eigenvalue weighted by molar-refractivity contribution is 6.34. The van der Waals surface area contributed by atoms with Gasteiger partial charge in [-0.2, -0.15) is 0 Å². The minimum atomic E-state index is -2.75. The Morgan fingerprint density at radius 2 is 2.05 bits per heavy atom. The molecule has 0 spiro atoms. The summed E-state index contributed by atoms with van der Waals surface area (Å²) in [4.78, 5) is 21.6. The van der Waals surface area contributed by atoms with Gasteiger partial charge in [0.25, 0.3) is 6.43 Å². The second-order valence-corrected chi connectivity index (χ2v) is 3.91. The highest BCUT2D eigenvalue weighted by atomic mass is 35.5. The van der Waals surface area contributed by atoms with Crippen LogP contribution in [0.4, 0.5) is 19.3 Å². The van der Waals surface area contributed by atoms with Gasteiger partial charge in [-0.15, -0.1) is 0 Å². The number of carbonyl (C=O) groups excluding carboxylic acids is 1. The van der Waals surface area contributed by atoms with E-state index in [1.807, 2.05) is 0 Å². The van der Waals surface area contributed by atoms with E-state index in [4.69, 9.17) is 16.7 Å². The molecule has 1 rings (SSSR count). The predicted molar refractivity (Wildman–Crippen MR) is 65.7 cm³/mol. The van der Waals surface area contributed by atoms with Crippen LogP contribution in [-0.4, -0.2) is 23.7 Å². The number of aliphatic carboxylic acids is 1. The van der Waals surface area contributed by atoms with Gasteiger partial charge in [0.15, 0.2) is 0 Å². The lowest BCUT2D eigenvalue weighted by Crippen LogP contribution is -2.30. The van der Waals surface area contributed by atoms with Gasteiger partial charge in [0.2, 0.25) is 0 Å². The van der Waals surface area contributed by atoms with Gasteiger partial charge in [0.05, 0.1) is 17.1 Å². The van der Waals surface area contributed by atoms with Crippen molar-refractivity contribution in [3.8, 4) is 0 Å². The van der Waals surface area contributed by atoms with E-state index in [9.17, 15) is 18.4 Å². The summed E-state index contributed by atoms with van der Waals surface area (Å²) in [7, 11) is 0. The number of hydrogen-bond acceptors (Lipinski definition) is 2. The molecule has 1 aromatic rings. The summed E-state index contributed by atoms with van der Waals surface area (Å²) in [6, 6.07) is 3.14. The molecule has 2 amide bonds. The second-order valence-electron chi connectivity index (χ2n) is 3.53. The summed E-state index contributed by atoms with van der Waals surface area (Å²) in [5.41, 5.74) is -0.350. The summed E-state index contributed by atoms with van der Waals surface area (Å²) in [6.45, 7) is -0.0761. The fourth-order valence-corrected chi connectivity index (χ4v) is 1.52. The molecule has 0 saturated carbocycles. The number of carbonyl (C=O) groups is 2. The Kier molecular flexibility index (Phi) is 5.50. The highest BCUT2D eigenvalue weighted by Gasteiger charge is 2.15. The lowest BCUT2D eigenvalue weighted by Gasteiger charge is -2.11. The molecule has 0 unspecified atom stereocenters. The van der Waals surface area contributed by atoms with E-state index >= 15 is 0 Å². The molecule has 19 heavy (non-hydrogen) atoms. The van der Waals surface area contributed by atoms with E-state index in [1.54, 1.807) is 0 Å². The monoisotopic (exact) mass is 292 g/mol. The Labute approximate surface area is 112 Å². The van der Waals surface area contributed by atoms with E-state index in [2.05, 4.69) is 10.6 Å². The maximum Gasteiger partial charge on any atom is 0.319 e. The van der Waals surface area contributed by atoms with Crippen molar-refractivity contribution >= 4 is 29.3 Å². The SMILES string of the molecule is O=C(O)CCNC(=O)Nc1cccc(C(F)F)c1Cl. The third kappa shape index (κ3) is 4.70. The first-order valence-corrected chi connectivity index (χ1v) is 5.63. The predicted octanol–water partition coefficient (Wildman–Crippen LogP) is 2.87. The normalized spacial score (nSPS) is 10.3. The van der Waals surface area contributed by atoms with Crippen LogP contribution in [0.15, 0.2) is 18.2 Å². The number of urea groups is 1. The van der Waals surface area contributed by atoms with Crippen LogP contribution in [-0.2, 0) is 4.79 Å². The standard InChI is InChI=1S/C11H11ClF2N2O3/c12-9-6(10(13)14)2-1-3-7(9)16-11(19)15-5-4-8(17)18/h1-3,10H,4-5H2,(H,17,18)(H2,15,16,19). The Morgan fingerprint density at radius 1 is 1.37 bits per heavy atom. The van der Waals surface area contributed by atoms with Crippen molar-refractivity contribution in [1.82, 2.24) is 5.32 Å². The van der Waals surface area contributed by atoms with Crippen LogP contribution in [0, 0.1) is 0 Å². The molecule has 0 fully saturated rings. The smallest absolute Gasteiger partial charge is 0.319 e. The number of hydrogen-bond donors (Lipinski definition) is 3. The first kappa shape index (κ1) is 15.2. The molecule has 0 bridgehead atoms. The molecule has 3 N–H and O–H groups in total. The van der Waals surface area contributed by atoms with Crippen LogP contribution in [0.1, 0.15) is 18.4 Å². The van der Waals surface area contributed by atoms with Crippen LogP contribution >= 0.6 is 11.6 Å². The topological polar surface area (TPSA) is 78.4 Å². The van der Waals surface area contributed by atoms with Crippen LogP contribution in [0.25, 0.3) is 0 Å². The molecule has 5 nitrogen and oxygen atoms in total. The zero-order chi connectivity index (χ0) is 14.4. The van der Waals surface area contributed by atoms with E-state index in [1.165, 1.54) is 12.1 Å². The minimum Gasteiger partial charge on any atom is -0.481 e. The Morgan fingerprint density at radius 3 is 2.63 bits per heavy atom. The van der Waals surface area contributed by atoms with Gasteiger partial charge in [-0.1, -0.05) is 23.7 Å². The minimum absolute atomic E-state index is 0.0345. The molecule has 8 heteroatoms. The number of carboxylic acids is 1. The zero-order valence-electron chi connectivity index (χ0n) is 9.62. The summed E-state index contributed by atoms with van der Waals surface area (Å²) in [5.74, 6) is -1.06. The molecular weight excluding hydrogens is 282 g/mol. The molecular formula is C11H11ClF2N2O3. The first-order chi connectivity index (χ1) is 8.91. The lowest BCUT2D eigenvalue weighted by molar-refractivity contribution is -0.136. The third-order valence-corrected chi connectivity index (χ3v) is 2.56. The molecule has 104 valence electrons. The average molecular weight is 293 g/mol. The van der Waals surface area contributed by atoms with Crippen molar-refractivity contribution in [2.45, 2.75) is 12.8 Å². The summed E-state index contributed by atoms with van der Waals surface area (Å²) >= 11 is 5.72. The fraction of sp³-hybridized carbons (Fsp3) is 0.273. The Hall–Kier alpha value is -1.89. The van der Waals surface area contributed by atoms with Crippen molar-refractivity contribution < 1.29 is 23.5 Å². The molecule has 1 aromatic carbocycles. The molecule has 0 aliphatic rings. The Bertz CT molecular complexity index is 483. The van der Waals surface area contributed by atoms with Crippen LogP contribution < -0.4 is 10.6 Å². The van der Waals surface area contributed by atoms with Crippen molar-refractivity contribution in [3.63, 3.8) is 0 Å². The van der Waals surface area contributed by atoms with E-state index in [-0.39, 0.29) is 29.2 Å². The van der Waals surface area contributed by atoms with Gasteiger partial charge in [-0.05, 0) is 6.07 Å². The van der Waals surface area contributed by atoms with Crippen molar-refractivity contribution in [3.05, 3.63) is 28.8 Å². The number of anilines is 1.